The molecule has 2 aromatic rings. The van der Waals surface area contributed by atoms with Crippen LogP contribution in [0.5, 0.6) is 12.0 Å². The minimum Gasteiger partial charge on any atom is -0.467 e. The SMILES string of the molecule is CCOc1nc(NC(=O)NS(=O)(=O)c2c(C)csc2C)nc(OC)n1. The van der Waals surface area contributed by atoms with Gasteiger partial charge in [-0.2, -0.15) is 9.97 Å². The lowest BCUT2D eigenvalue weighted by Crippen LogP contribution is -2.35. The second-order valence-corrected chi connectivity index (χ2v) is 7.43. The molecule has 2 rings (SSSR count). The topological polar surface area (TPSA) is 132 Å². The number of sulfonamides is 1. The number of ether oxygens (including phenoxy) is 2. The van der Waals surface area contributed by atoms with E-state index in [0.717, 1.165) is 0 Å². The Morgan fingerprint density at radius 3 is 2.48 bits per heavy atom. The molecule has 0 saturated heterocycles. The number of aryl methyl sites for hydroxylation is 2. The molecule has 12 heteroatoms. The van der Waals surface area contributed by atoms with E-state index in [0.29, 0.717) is 17.0 Å². The fraction of sp³-hybridized carbons (Fsp3) is 0.385. The summed E-state index contributed by atoms with van der Waals surface area (Å²) in [5, 5.41) is 3.93. The van der Waals surface area contributed by atoms with E-state index in [2.05, 4.69) is 20.3 Å². The van der Waals surface area contributed by atoms with Crippen LogP contribution in [0.3, 0.4) is 0 Å². The molecule has 0 radical (unpaired) electrons. The zero-order valence-corrected chi connectivity index (χ0v) is 15.6. The van der Waals surface area contributed by atoms with Crippen molar-refractivity contribution in [2.24, 2.45) is 0 Å². The largest absolute Gasteiger partial charge is 0.467 e. The molecule has 136 valence electrons. The van der Waals surface area contributed by atoms with Crippen LogP contribution >= 0.6 is 11.3 Å². The third-order valence-electron chi connectivity index (χ3n) is 2.86. The molecular weight excluding hydrogens is 370 g/mol. The summed E-state index contributed by atoms with van der Waals surface area (Å²) >= 11 is 1.28. The molecule has 10 nitrogen and oxygen atoms in total. The minimum atomic E-state index is -4.02. The van der Waals surface area contributed by atoms with Gasteiger partial charge in [-0.15, -0.1) is 16.3 Å². The van der Waals surface area contributed by atoms with Crippen molar-refractivity contribution in [2.75, 3.05) is 19.0 Å². The molecule has 0 spiro atoms. The van der Waals surface area contributed by atoms with Crippen LogP contribution in [0.4, 0.5) is 10.7 Å². The van der Waals surface area contributed by atoms with Gasteiger partial charge in [0.2, 0.25) is 5.95 Å². The number of aromatic nitrogens is 3. The fourth-order valence-electron chi connectivity index (χ4n) is 1.94. The van der Waals surface area contributed by atoms with Gasteiger partial charge >= 0.3 is 18.1 Å². The van der Waals surface area contributed by atoms with Crippen LogP contribution in [-0.4, -0.2) is 43.1 Å². The normalized spacial score (nSPS) is 11.0. The van der Waals surface area contributed by atoms with E-state index < -0.39 is 16.1 Å². The lowest BCUT2D eigenvalue weighted by molar-refractivity contribution is 0.256. The van der Waals surface area contributed by atoms with E-state index in [9.17, 15) is 13.2 Å². The maximum atomic E-state index is 12.4. The molecule has 2 amide bonds. The van der Waals surface area contributed by atoms with Crippen LogP contribution in [0.15, 0.2) is 10.3 Å². The number of methoxy groups -OCH3 is 1. The van der Waals surface area contributed by atoms with Crippen molar-refractivity contribution in [1.29, 1.82) is 0 Å². The molecule has 2 N–H and O–H groups in total. The number of carbonyl (C=O) groups is 1. The lowest BCUT2D eigenvalue weighted by Gasteiger charge is -2.10. The third-order valence-corrected chi connectivity index (χ3v) is 5.64. The molecule has 2 heterocycles. The average Bonchev–Trinajstić information content (AvgIpc) is 2.86. The molecule has 0 saturated carbocycles. The molecule has 0 fully saturated rings. The highest BCUT2D eigenvalue weighted by Crippen LogP contribution is 2.25. The molecule has 0 aliphatic rings. The van der Waals surface area contributed by atoms with Gasteiger partial charge in [-0.05, 0) is 31.7 Å². The summed E-state index contributed by atoms with van der Waals surface area (Å²) in [6, 6.07) is -1.15. The van der Waals surface area contributed by atoms with E-state index in [1.807, 2.05) is 4.72 Å². The fourth-order valence-corrected chi connectivity index (χ4v) is 4.49. The zero-order valence-electron chi connectivity index (χ0n) is 14.0. The Hall–Kier alpha value is -2.47. The Labute approximate surface area is 148 Å². The lowest BCUT2D eigenvalue weighted by atomic mass is 10.3. The first-order valence-electron chi connectivity index (χ1n) is 7.08. The maximum absolute atomic E-state index is 12.4. The standard InChI is InChI=1S/C13H17N5O5S2/c1-5-23-13-16-10(15-12(17-13)22-4)14-11(19)18-25(20,21)9-7(2)6-24-8(9)3/h6H,5H2,1-4H3,(H2,14,15,16,17,18,19). The molecule has 0 atom stereocenters. The Balaban J connectivity index is 2.19. The average molecular weight is 387 g/mol. The van der Waals surface area contributed by atoms with Gasteiger partial charge in [0.1, 0.15) is 4.90 Å². The highest BCUT2D eigenvalue weighted by Gasteiger charge is 2.24. The van der Waals surface area contributed by atoms with E-state index in [1.54, 1.807) is 26.2 Å². The van der Waals surface area contributed by atoms with Gasteiger partial charge in [0.05, 0.1) is 13.7 Å². The van der Waals surface area contributed by atoms with Crippen LogP contribution in [0, 0.1) is 13.8 Å². The molecule has 0 aliphatic heterocycles. The van der Waals surface area contributed by atoms with Crippen molar-refractivity contribution < 1.29 is 22.7 Å². The van der Waals surface area contributed by atoms with Gasteiger partial charge in [0.15, 0.2) is 0 Å². The van der Waals surface area contributed by atoms with Crippen LogP contribution in [0.1, 0.15) is 17.4 Å². The molecule has 2 aromatic heterocycles. The van der Waals surface area contributed by atoms with Crippen molar-refractivity contribution in [3.63, 3.8) is 0 Å². The molecule has 0 bridgehead atoms. The van der Waals surface area contributed by atoms with Crippen LogP contribution in [0.25, 0.3) is 0 Å². The number of anilines is 1. The van der Waals surface area contributed by atoms with Gasteiger partial charge in [0.25, 0.3) is 10.0 Å². The van der Waals surface area contributed by atoms with Crippen LogP contribution < -0.4 is 19.5 Å². The minimum absolute atomic E-state index is 0.0583. The molecule has 25 heavy (non-hydrogen) atoms. The summed E-state index contributed by atoms with van der Waals surface area (Å²) in [5.74, 6) is -0.207. The maximum Gasteiger partial charge on any atom is 0.335 e. The first kappa shape index (κ1) is 18.9. The number of amides is 2. The number of nitrogens with zero attached hydrogens (tertiary/aromatic N) is 3. The molecule has 0 aliphatic carbocycles. The first-order valence-corrected chi connectivity index (χ1v) is 9.44. The number of rotatable bonds is 6. The number of hydrogen-bond acceptors (Lipinski definition) is 9. The predicted molar refractivity (Wildman–Crippen MR) is 90.7 cm³/mol. The number of thiophene rings is 1. The number of hydrogen-bond donors (Lipinski definition) is 2. The quantitative estimate of drug-likeness (QED) is 0.761. The van der Waals surface area contributed by atoms with Gasteiger partial charge in [-0.3, -0.25) is 5.32 Å². The second-order valence-electron chi connectivity index (χ2n) is 4.72. The van der Waals surface area contributed by atoms with Gasteiger partial charge in [0, 0.05) is 4.88 Å². The number of carbonyl (C=O) groups excluding carboxylic acids is 1. The summed E-state index contributed by atoms with van der Waals surface area (Å²) in [6.45, 7) is 5.34. The highest BCUT2D eigenvalue weighted by molar-refractivity contribution is 7.90. The smallest absolute Gasteiger partial charge is 0.335 e. The van der Waals surface area contributed by atoms with Crippen molar-refractivity contribution in [2.45, 2.75) is 25.7 Å². The number of urea groups is 1. The van der Waals surface area contributed by atoms with E-state index in [-0.39, 0.29) is 22.9 Å². The molecule has 0 unspecified atom stereocenters. The third kappa shape index (κ3) is 4.54. The van der Waals surface area contributed by atoms with Gasteiger partial charge in [-0.25, -0.2) is 17.9 Å². The van der Waals surface area contributed by atoms with E-state index >= 15 is 0 Å². The summed E-state index contributed by atoms with van der Waals surface area (Å²) < 4.78 is 36.7. The molecular formula is C13H17N5O5S2. The molecule has 0 aromatic carbocycles. The Bertz CT molecular complexity index is 861. The van der Waals surface area contributed by atoms with E-state index in [4.69, 9.17) is 9.47 Å². The summed E-state index contributed by atoms with van der Waals surface area (Å²) in [6.07, 6.45) is 0. The van der Waals surface area contributed by atoms with Crippen LogP contribution in [-0.2, 0) is 10.0 Å². The second kappa shape index (κ2) is 7.61. The van der Waals surface area contributed by atoms with Crippen molar-refractivity contribution in [1.82, 2.24) is 19.7 Å². The summed E-state index contributed by atoms with van der Waals surface area (Å²) in [4.78, 5) is 24.2. The van der Waals surface area contributed by atoms with Crippen LogP contribution in [0.2, 0.25) is 0 Å². The van der Waals surface area contributed by atoms with E-state index in [1.165, 1.54) is 18.4 Å². The summed E-state index contributed by atoms with van der Waals surface area (Å²) in [5.41, 5.74) is 0.559. The monoisotopic (exact) mass is 387 g/mol. The van der Waals surface area contributed by atoms with Gasteiger partial charge in [-0.1, -0.05) is 0 Å². The Kier molecular flexibility index (Phi) is 5.74. The van der Waals surface area contributed by atoms with Crippen molar-refractivity contribution >= 4 is 33.3 Å². The van der Waals surface area contributed by atoms with Crippen molar-refractivity contribution in [3.05, 3.63) is 15.8 Å². The summed E-state index contributed by atoms with van der Waals surface area (Å²) in [7, 11) is -2.68. The number of nitrogens with one attached hydrogen (secondary N) is 2. The highest BCUT2D eigenvalue weighted by atomic mass is 32.2. The first-order chi connectivity index (χ1) is 11.8. The Morgan fingerprint density at radius 1 is 1.24 bits per heavy atom. The van der Waals surface area contributed by atoms with Gasteiger partial charge < -0.3 is 9.47 Å². The predicted octanol–water partition coefficient (Wildman–Crippen LogP) is 1.47. The zero-order chi connectivity index (χ0) is 18.6. The van der Waals surface area contributed by atoms with Crippen molar-refractivity contribution in [3.8, 4) is 12.0 Å². The Morgan fingerprint density at radius 2 is 1.92 bits per heavy atom.